The first kappa shape index (κ1) is 11.9. The molecule has 5 nitrogen and oxygen atoms in total. The number of hydrogen-bond donors (Lipinski definition) is 1. The number of anilines is 1. The highest BCUT2D eigenvalue weighted by Crippen LogP contribution is 2.14. The molecule has 2 heterocycles. The van der Waals surface area contributed by atoms with Crippen molar-refractivity contribution in [1.82, 2.24) is 9.88 Å². The van der Waals surface area contributed by atoms with Crippen LogP contribution in [0.4, 0.5) is 5.82 Å². The normalized spacial score (nSPS) is 15.1. The second-order valence-electron chi connectivity index (χ2n) is 3.78. The summed E-state index contributed by atoms with van der Waals surface area (Å²) in [6.07, 6.45) is 0. The Kier molecular flexibility index (Phi) is 3.63. The van der Waals surface area contributed by atoms with Crippen molar-refractivity contribution in [2.24, 2.45) is 0 Å². The van der Waals surface area contributed by atoms with Gasteiger partial charge in [0.25, 0.3) is 0 Å². The van der Waals surface area contributed by atoms with E-state index in [0.717, 1.165) is 5.69 Å². The smallest absolute Gasteiger partial charge is 0.245 e. The summed E-state index contributed by atoms with van der Waals surface area (Å²) in [6, 6.07) is 5.41. The number of pyridine rings is 1. The van der Waals surface area contributed by atoms with Gasteiger partial charge >= 0.3 is 0 Å². The van der Waals surface area contributed by atoms with Crippen molar-refractivity contribution >= 4 is 29.4 Å². The van der Waals surface area contributed by atoms with E-state index in [0.29, 0.717) is 17.4 Å². The number of nitrogens with one attached hydrogen (secondary N) is 1. The third kappa shape index (κ3) is 3.20. The summed E-state index contributed by atoms with van der Waals surface area (Å²) in [5.41, 5.74) is 0.843. The fourth-order valence-electron chi connectivity index (χ4n) is 1.51. The Bertz CT molecular complexity index is 450. The SMILES string of the molecule is Cc1cccc(NC(=O)CN2CSCC2=O)n1. The monoisotopic (exact) mass is 251 g/mol. The van der Waals surface area contributed by atoms with Crippen molar-refractivity contribution in [3.05, 3.63) is 23.9 Å². The van der Waals surface area contributed by atoms with Crippen LogP contribution < -0.4 is 5.32 Å². The number of carbonyl (C=O) groups excluding carboxylic acids is 2. The summed E-state index contributed by atoms with van der Waals surface area (Å²) in [6.45, 7) is 1.96. The van der Waals surface area contributed by atoms with E-state index in [4.69, 9.17) is 0 Å². The van der Waals surface area contributed by atoms with Crippen molar-refractivity contribution in [3.8, 4) is 0 Å². The minimum Gasteiger partial charge on any atom is -0.323 e. The Balaban J connectivity index is 1.91. The van der Waals surface area contributed by atoms with Crippen LogP contribution in [0.3, 0.4) is 0 Å². The molecule has 1 N–H and O–H groups in total. The van der Waals surface area contributed by atoms with Gasteiger partial charge in [0, 0.05) is 5.69 Å². The lowest BCUT2D eigenvalue weighted by atomic mass is 10.3. The van der Waals surface area contributed by atoms with E-state index in [2.05, 4.69) is 10.3 Å². The molecule has 0 radical (unpaired) electrons. The molecule has 2 rings (SSSR count). The zero-order chi connectivity index (χ0) is 12.3. The highest BCUT2D eigenvalue weighted by molar-refractivity contribution is 8.00. The average molecular weight is 251 g/mol. The average Bonchev–Trinajstić information content (AvgIpc) is 2.64. The minimum atomic E-state index is -0.209. The van der Waals surface area contributed by atoms with Crippen LogP contribution in [0.5, 0.6) is 0 Å². The van der Waals surface area contributed by atoms with Gasteiger partial charge in [0.2, 0.25) is 11.8 Å². The molecule has 1 saturated heterocycles. The molecule has 1 aromatic rings. The maximum atomic E-state index is 11.7. The van der Waals surface area contributed by atoms with Crippen LogP contribution in [0, 0.1) is 6.92 Å². The molecular weight excluding hydrogens is 238 g/mol. The van der Waals surface area contributed by atoms with Crippen LogP contribution in [-0.4, -0.2) is 39.9 Å². The zero-order valence-corrected chi connectivity index (χ0v) is 10.3. The van der Waals surface area contributed by atoms with E-state index in [1.807, 2.05) is 19.1 Å². The molecule has 0 spiro atoms. The third-order valence-corrected chi connectivity index (χ3v) is 3.26. The van der Waals surface area contributed by atoms with Gasteiger partial charge in [0.1, 0.15) is 12.4 Å². The lowest BCUT2D eigenvalue weighted by Gasteiger charge is -2.13. The lowest BCUT2D eigenvalue weighted by molar-refractivity contribution is -0.130. The highest BCUT2D eigenvalue weighted by atomic mass is 32.2. The zero-order valence-electron chi connectivity index (χ0n) is 9.47. The number of amides is 2. The molecule has 90 valence electrons. The van der Waals surface area contributed by atoms with Gasteiger partial charge in [-0.15, -0.1) is 11.8 Å². The lowest BCUT2D eigenvalue weighted by Crippen LogP contribution is -2.34. The van der Waals surface area contributed by atoms with E-state index in [1.54, 1.807) is 6.07 Å². The Morgan fingerprint density at radius 2 is 2.41 bits per heavy atom. The third-order valence-electron chi connectivity index (χ3n) is 2.32. The van der Waals surface area contributed by atoms with E-state index >= 15 is 0 Å². The second-order valence-corrected chi connectivity index (χ2v) is 4.74. The summed E-state index contributed by atoms with van der Waals surface area (Å²) in [4.78, 5) is 28.7. The summed E-state index contributed by atoms with van der Waals surface area (Å²) >= 11 is 1.52. The number of rotatable bonds is 3. The summed E-state index contributed by atoms with van der Waals surface area (Å²) in [5, 5.41) is 2.68. The molecular formula is C11H13N3O2S. The van der Waals surface area contributed by atoms with Crippen LogP contribution in [0.25, 0.3) is 0 Å². The standard InChI is InChI=1S/C11H13N3O2S/c1-8-3-2-4-9(12-8)13-10(15)5-14-7-17-6-11(14)16/h2-4H,5-7H2,1H3,(H,12,13,15). The maximum absolute atomic E-state index is 11.7. The molecule has 1 aliphatic rings. The van der Waals surface area contributed by atoms with E-state index in [9.17, 15) is 9.59 Å². The fourth-order valence-corrected chi connectivity index (χ4v) is 2.41. The van der Waals surface area contributed by atoms with Crippen molar-refractivity contribution < 1.29 is 9.59 Å². The summed E-state index contributed by atoms with van der Waals surface area (Å²) in [7, 11) is 0. The van der Waals surface area contributed by atoms with Crippen LogP contribution in [-0.2, 0) is 9.59 Å². The van der Waals surface area contributed by atoms with Crippen LogP contribution >= 0.6 is 11.8 Å². The topological polar surface area (TPSA) is 62.3 Å². The molecule has 0 saturated carbocycles. The number of aryl methyl sites for hydroxylation is 1. The molecule has 0 atom stereocenters. The molecule has 1 fully saturated rings. The molecule has 0 aliphatic carbocycles. The predicted octanol–water partition coefficient (Wildman–Crippen LogP) is 0.861. The van der Waals surface area contributed by atoms with Gasteiger partial charge in [0.15, 0.2) is 0 Å². The molecule has 0 bridgehead atoms. The number of carbonyl (C=O) groups is 2. The Morgan fingerprint density at radius 3 is 3.06 bits per heavy atom. The number of hydrogen-bond acceptors (Lipinski definition) is 4. The van der Waals surface area contributed by atoms with Crippen LogP contribution in [0.15, 0.2) is 18.2 Å². The molecule has 1 aliphatic heterocycles. The Labute approximate surface area is 104 Å². The first-order valence-corrected chi connectivity index (χ1v) is 6.39. The molecule has 1 aromatic heterocycles. The van der Waals surface area contributed by atoms with E-state index in [1.165, 1.54) is 16.7 Å². The van der Waals surface area contributed by atoms with Gasteiger partial charge < -0.3 is 10.2 Å². The summed E-state index contributed by atoms with van der Waals surface area (Å²) < 4.78 is 0. The second kappa shape index (κ2) is 5.18. The van der Waals surface area contributed by atoms with Crippen molar-refractivity contribution in [1.29, 1.82) is 0 Å². The van der Waals surface area contributed by atoms with Crippen molar-refractivity contribution in [2.45, 2.75) is 6.92 Å². The molecule has 17 heavy (non-hydrogen) atoms. The quantitative estimate of drug-likeness (QED) is 0.865. The van der Waals surface area contributed by atoms with Gasteiger partial charge in [-0.2, -0.15) is 0 Å². The maximum Gasteiger partial charge on any atom is 0.245 e. The minimum absolute atomic E-state index is 0.0161. The van der Waals surface area contributed by atoms with Crippen molar-refractivity contribution in [3.63, 3.8) is 0 Å². The van der Waals surface area contributed by atoms with Gasteiger partial charge in [-0.25, -0.2) is 4.98 Å². The fraction of sp³-hybridized carbons (Fsp3) is 0.364. The first-order valence-electron chi connectivity index (χ1n) is 5.24. The van der Waals surface area contributed by atoms with Gasteiger partial charge in [-0.3, -0.25) is 9.59 Å². The van der Waals surface area contributed by atoms with E-state index in [-0.39, 0.29) is 18.4 Å². The molecule has 6 heteroatoms. The molecule has 0 aromatic carbocycles. The van der Waals surface area contributed by atoms with Gasteiger partial charge in [-0.05, 0) is 19.1 Å². The summed E-state index contributed by atoms with van der Waals surface area (Å²) in [5.74, 6) is 1.39. The molecule has 0 unspecified atom stereocenters. The van der Waals surface area contributed by atoms with E-state index < -0.39 is 0 Å². The van der Waals surface area contributed by atoms with Gasteiger partial charge in [-0.1, -0.05) is 6.07 Å². The van der Waals surface area contributed by atoms with Crippen LogP contribution in [0.1, 0.15) is 5.69 Å². The van der Waals surface area contributed by atoms with Crippen molar-refractivity contribution in [2.75, 3.05) is 23.5 Å². The number of aromatic nitrogens is 1. The van der Waals surface area contributed by atoms with Crippen LogP contribution in [0.2, 0.25) is 0 Å². The predicted molar refractivity (Wildman–Crippen MR) is 66.6 cm³/mol. The Morgan fingerprint density at radius 1 is 1.59 bits per heavy atom. The number of thioether (sulfide) groups is 1. The first-order chi connectivity index (χ1) is 8.15. The molecule has 2 amide bonds. The van der Waals surface area contributed by atoms with Gasteiger partial charge in [0.05, 0.1) is 11.6 Å². The largest absolute Gasteiger partial charge is 0.323 e. The number of nitrogens with zero attached hydrogens (tertiary/aromatic N) is 2. The Hall–Kier alpha value is -1.56. The highest BCUT2D eigenvalue weighted by Gasteiger charge is 2.22.